The topological polar surface area (TPSA) is 102 Å². The van der Waals surface area contributed by atoms with Crippen LogP contribution in [0.1, 0.15) is 28.1 Å². The fraction of sp³-hybridized carbons (Fsp3) is 0.222. The zero-order chi connectivity index (χ0) is 31.1. The van der Waals surface area contributed by atoms with Crippen molar-refractivity contribution in [2.75, 3.05) is 20.2 Å². The van der Waals surface area contributed by atoms with Gasteiger partial charge in [-0.3, -0.25) is 4.79 Å². The van der Waals surface area contributed by atoms with E-state index < -0.39 is 24.3 Å². The van der Waals surface area contributed by atoms with Crippen molar-refractivity contribution in [2.45, 2.75) is 32.0 Å². The molecule has 5 aromatic rings. The van der Waals surface area contributed by atoms with E-state index >= 15 is 0 Å². The number of carbonyl (C=O) groups is 2. The van der Waals surface area contributed by atoms with Gasteiger partial charge in [0.25, 0.3) is 0 Å². The quantitative estimate of drug-likeness (QED) is 0.198. The van der Waals surface area contributed by atoms with E-state index in [2.05, 4.69) is 40.3 Å². The summed E-state index contributed by atoms with van der Waals surface area (Å²) in [6.07, 6.45) is -0.982. The van der Waals surface area contributed by atoms with Crippen LogP contribution in [-0.2, 0) is 26.3 Å². The lowest BCUT2D eigenvalue weighted by Crippen LogP contribution is -2.52. The molecule has 0 aliphatic rings. The lowest BCUT2D eigenvalue weighted by atomic mass is 9.81. The van der Waals surface area contributed by atoms with Crippen molar-refractivity contribution < 1.29 is 24.2 Å². The monoisotopic (exact) mass is 589 g/mol. The van der Waals surface area contributed by atoms with Crippen molar-refractivity contribution in [3.63, 3.8) is 0 Å². The van der Waals surface area contributed by atoms with Gasteiger partial charge in [-0.1, -0.05) is 103 Å². The number of aliphatic carboxylic acids is 1. The van der Waals surface area contributed by atoms with Gasteiger partial charge >= 0.3 is 12.0 Å². The molecule has 0 saturated heterocycles. The average Bonchev–Trinajstić information content (AvgIpc) is 3.03. The molecule has 0 aliphatic carbocycles. The Balaban J connectivity index is 1.45. The number of nitrogens with zero attached hydrogens (tertiary/aromatic N) is 3. The van der Waals surface area contributed by atoms with Crippen molar-refractivity contribution in [1.29, 1.82) is 0 Å². The number of ether oxygens (including phenoxy) is 2. The van der Waals surface area contributed by atoms with Gasteiger partial charge in [0.15, 0.2) is 5.60 Å². The van der Waals surface area contributed by atoms with Crippen LogP contribution < -0.4 is 4.74 Å². The Morgan fingerprint density at radius 2 is 1.36 bits per heavy atom. The molecule has 1 unspecified atom stereocenters. The lowest BCUT2D eigenvalue weighted by molar-refractivity contribution is -0.169. The number of aromatic nitrogens is 2. The van der Waals surface area contributed by atoms with E-state index in [4.69, 9.17) is 9.47 Å². The molecule has 0 bridgehead atoms. The Kier molecular flexibility index (Phi) is 9.31. The highest BCUT2D eigenvalue weighted by Crippen LogP contribution is 2.39. The SMILES string of the molecule is Cc1cc(C)nc(OC(C(=O)O)C(OCC(=O)N(C)CCc2ccc3ccccc3c2)(c2ccccc2)c2ccccc2)n1. The predicted octanol–water partition coefficient (Wildman–Crippen LogP) is 5.74. The van der Waals surface area contributed by atoms with E-state index in [0.717, 1.165) is 16.3 Å². The summed E-state index contributed by atoms with van der Waals surface area (Å²) >= 11 is 0. The van der Waals surface area contributed by atoms with Gasteiger partial charge in [-0.25, -0.2) is 14.8 Å². The fourth-order valence-corrected chi connectivity index (χ4v) is 5.34. The van der Waals surface area contributed by atoms with Crippen LogP contribution in [-0.4, -0.2) is 58.2 Å². The van der Waals surface area contributed by atoms with Crippen LogP contribution in [0.4, 0.5) is 0 Å². The minimum Gasteiger partial charge on any atom is -0.478 e. The van der Waals surface area contributed by atoms with Crippen LogP contribution in [0.2, 0.25) is 0 Å². The number of carboxylic acids is 1. The van der Waals surface area contributed by atoms with E-state index in [-0.39, 0.29) is 11.9 Å². The van der Waals surface area contributed by atoms with Crippen LogP contribution in [0.15, 0.2) is 109 Å². The third-order valence-corrected chi connectivity index (χ3v) is 7.58. The highest BCUT2D eigenvalue weighted by Gasteiger charge is 2.50. The molecule has 1 heterocycles. The molecule has 8 heteroatoms. The first-order valence-electron chi connectivity index (χ1n) is 14.4. The van der Waals surface area contributed by atoms with Crippen LogP contribution in [0.25, 0.3) is 10.8 Å². The Morgan fingerprint density at radius 1 is 0.795 bits per heavy atom. The molecule has 1 amide bonds. The van der Waals surface area contributed by atoms with Crippen LogP contribution >= 0.6 is 0 Å². The largest absolute Gasteiger partial charge is 0.478 e. The molecule has 0 aliphatic heterocycles. The molecule has 1 atom stereocenters. The summed E-state index contributed by atoms with van der Waals surface area (Å²) in [6.45, 7) is 3.63. The third-order valence-electron chi connectivity index (χ3n) is 7.58. The van der Waals surface area contributed by atoms with Gasteiger partial charge in [0, 0.05) is 25.0 Å². The van der Waals surface area contributed by atoms with Crippen molar-refractivity contribution in [3.05, 3.63) is 137 Å². The molecule has 0 fully saturated rings. The van der Waals surface area contributed by atoms with Gasteiger partial charge in [-0.15, -0.1) is 0 Å². The van der Waals surface area contributed by atoms with E-state index in [1.807, 2.05) is 24.3 Å². The number of amides is 1. The Hall–Kier alpha value is -5.08. The van der Waals surface area contributed by atoms with Gasteiger partial charge in [0.2, 0.25) is 12.0 Å². The highest BCUT2D eigenvalue weighted by atomic mass is 16.6. The van der Waals surface area contributed by atoms with Gasteiger partial charge < -0.3 is 19.5 Å². The van der Waals surface area contributed by atoms with E-state index in [0.29, 0.717) is 35.5 Å². The summed E-state index contributed by atoms with van der Waals surface area (Å²) in [6, 6.07) is 34.0. The zero-order valence-corrected chi connectivity index (χ0v) is 25.0. The smallest absolute Gasteiger partial charge is 0.348 e. The van der Waals surface area contributed by atoms with Crippen molar-refractivity contribution in [2.24, 2.45) is 0 Å². The Bertz CT molecular complexity index is 1680. The minimum atomic E-state index is -1.72. The van der Waals surface area contributed by atoms with E-state index in [9.17, 15) is 14.7 Å². The fourth-order valence-electron chi connectivity index (χ4n) is 5.34. The number of hydrogen-bond donors (Lipinski definition) is 1. The molecule has 0 radical (unpaired) electrons. The minimum absolute atomic E-state index is 0.0893. The van der Waals surface area contributed by atoms with E-state index in [1.165, 1.54) is 0 Å². The summed E-state index contributed by atoms with van der Waals surface area (Å²) in [5.74, 6) is -1.59. The number of carbonyl (C=O) groups excluding carboxylic acids is 1. The molecule has 0 saturated carbocycles. The lowest BCUT2D eigenvalue weighted by Gasteiger charge is -2.39. The zero-order valence-electron chi connectivity index (χ0n) is 25.0. The number of likely N-dealkylation sites (N-methyl/N-ethyl adjacent to an activating group) is 1. The molecule has 4 aromatic carbocycles. The second-order valence-electron chi connectivity index (χ2n) is 10.8. The first-order valence-corrected chi connectivity index (χ1v) is 14.4. The van der Waals surface area contributed by atoms with Gasteiger partial charge in [-0.05, 0) is 53.8 Å². The first-order chi connectivity index (χ1) is 21.3. The summed E-state index contributed by atoms with van der Waals surface area (Å²) in [5.41, 5.74) is 1.67. The molecular weight excluding hydrogens is 554 g/mol. The van der Waals surface area contributed by atoms with Crippen LogP contribution in [0.5, 0.6) is 6.01 Å². The number of hydrogen-bond acceptors (Lipinski definition) is 6. The summed E-state index contributed by atoms with van der Waals surface area (Å²) in [5, 5.41) is 12.9. The summed E-state index contributed by atoms with van der Waals surface area (Å²) in [4.78, 5) is 36.8. The average molecular weight is 590 g/mol. The van der Waals surface area contributed by atoms with Crippen LogP contribution in [0.3, 0.4) is 0 Å². The van der Waals surface area contributed by atoms with Crippen LogP contribution in [0, 0.1) is 13.8 Å². The molecule has 8 nitrogen and oxygen atoms in total. The molecule has 1 aromatic heterocycles. The number of benzene rings is 4. The Labute approximate surface area is 256 Å². The normalized spacial score (nSPS) is 12.1. The second-order valence-corrected chi connectivity index (χ2v) is 10.8. The standard InChI is InChI=1S/C36H35N3O5/c1-25-22-26(2)38-35(37-25)44-33(34(41)42)36(30-14-6-4-7-15-30,31-16-8-5-9-17-31)43-24-32(40)39(3)21-20-27-18-19-28-12-10-11-13-29(28)23-27/h4-19,22-23,33H,20-21,24H2,1-3H3,(H,41,42). The number of rotatable bonds is 12. The molecule has 0 spiro atoms. The van der Waals surface area contributed by atoms with Gasteiger partial charge in [0.1, 0.15) is 6.61 Å². The molecule has 44 heavy (non-hydrogen) atoms. The van der Waals surface area contributed by atoms with Crippen molar-refractivity contribution >= 4 is 22.6 Å². The van der Waals surface area contributed by atoms with Gasteiger partial charge in [-0.2, -0.15) is 0 Å². The molecule has 5 rings (SSSR count). The van der Waals surface area contributed by atoms with Crippen molar-refractivity contribution in [3.8, 4) is 6.01 Å². The van der Waals surface area contributed by atoms with Crippen molar-refractivity contribution in [1.82, 2.24) is 14.9 Å². The number of fused-ring (bicyclic) bond motifs is 1. The third kappa shape index (κ3) is 6.76. The first kappa shape index (κ1) is 30.4. The maximum Gasteiger partial charge on any atom is 0.348 e. The molecular formula is C36H35N3O5. The second kappa shape index (κ2) is 13.5. The molecule has 224 valence electrons. The van der Waals surface area contributed by atoms with E-state index in [1.54, 1.807) is 80.4 Å². The Morgan fingerprint density at radius 3 is 1.95 bits per heavy atom. The highest BCUT2D eigenvalue weighted by molar-refractivity contribution is 5.83. The maximum absolute atomic E-state index is 13.5. The van der Waals surface area contributed by atoms with Gasteiger partial charge in [0.05, 0.1) is 0 Å². The number of carboxylic acid groups (broad SMARTS) is 1. The predicted molar refractivity (Wildman–Crippen MR) is 168 cm³/mol. The summed E-state index contributed by atoms with van der Waals surface area (Å²) < 4.78 is 12.6. The number of aryl methyl sites for hydroxylation is 2. The molecule has 1 N–H and O–H groups in total. The maximum atomic E-state index is 13.5. The summed E-state index contributed by atoms with van der Waals surface area (Å²) in [7, 11) is 1.72.